The van der Waals surface area contributed by atoms with Crippen LogP contribution in [0.15, 0.2) is 133 Å². The molecule has 6 aromatic carbocycles. The SMILES string of the molecule is COc1ccc(N(c2ccc(OC)cc2)c2ccc3c4ccc(N(c5ccc(OC)cc5)c5ccc(OC)cc5)cc4n(CCC(C)S(=O)(=O)O)c3c2)cc1. The van der Waals surface area contributed by atoms with E-state index >= 15 is 0 Å². The van der Waals surface area contributed by atoms with Crippen molar-refractivity contribution in [1.29, 1.82) is 0 Å². The number of ether oxygens (including phenoxy) is 4. The molecule has 0 spiro atoms. The predicted molar refractivity (Wildman–Crippen MR) is 221 cm³/mol. The maximum atomic E-state index is 12.2. The molecule has 1 unspecified atom stereocenters. The monoisotopic (exact) mass is 757 g/mol. The number of rotatable bonds is 14. The second kappa shape index (κ2) is 15.7. The van der Waals surface area contributed by atoms with Crippen molar-refractivity contribution in [2.24, 2.45) is 0 Å². The van der Waals surface area contributed by atoms with Crippen molar-refractivity contribution < 1.29 is 31.9 Å². The molecular formula is C44H43N3O7S. The molecule has 7 rings (SSSR count). The summed E-state index contributed by atoms with van der Waals surface area (Å²) in [5.74, 6) is 2.99. The van der Waals surface area contributed by atoms with Crippen LogP contribution in [0, 0.1) is 0 Å². The van der Waals surface area contributed by atoms with Crippen LogP contribution < -0.4 is 28.7 Å². The first-order valence-electron chi connectivity index (χ1n) is 17.8. The lowest BCUT2D eigenvalue weighted by molar-refractivity contribution is 0.414. The highest BCUT2D eigenvalue weighted by atomic mass is 32.2. The average molecular weight is 758 g/mol. The van der Waals surface area contributed by atoms with Crippen LogP contribution in [0.4, 0.5) is 34.1 Å². The van der Waals surface area contributed by atoms with Crippen LogP contribution in [0.2, 0.25) is 0 Å². The van der Waals surface area contributed by atoms with Gasteiger partial charge in [-0.25, -0.2) is 0 Å². The van der Waals surface area contributed by atoms with Gasteiger partial charge in [0.25, 0.3) is 10.1 Å². The molecule has 10 nitrogen and oxygen atoms in total. The lowest BCUT2D eigenvalue weighted by atomic mass is 10.1. The van der Waals surface area contributed by atoms with E-state index in [1.54, 1.807) is 28.4 Å². The predicted octanol–water partition coefficient (Wildman–Crippen LogP) is 10.4. The molecule has 0 bridgehead atoms. The van der Waals surface area contributed by atoms with Crippen molar-refractivity contribution in [3.8, 4) is 23.0 Å². The number of aryl methyl sites for hydroxylation is 1. The van der Waals surface area contributed by atoms with Crippen LogP contribution in [-0.4, -0.2) is 51.2 Å². The standard InChI is InChI=1S/C44H43N3O7S/c1-30(55(48,49)50)26-27-45-43-28-35(46(31-6-16-37(51-2)17-7-31)32-8-18-38(52-3)19-9-32)14-24-41(43)42-25-15-36(29-44(42)45)47(33-10-20-39(53-4)21-11-33)34-12-22-40(54-5)23-13-34/h6-25,28-30H,26-27H2,1-5H3,(H,48,49,50). The summed E-state index contributed by atoms with van der Waals surface area (Å²) in [6.07, 6.45) is 0.202. The Bertz CT molecular complexity index is 2270. The molecule has 0 saturated carbocycles. The van der Waals surface area contributed by atoms with Gasteiger partial charge in [-0.3, -0.25) is 4.55 Å². The zero-order chi connectivity index (χ0) is 38.7. The number of nitrogens with zero attached hydrogens (tertiary/aromatic N) is 3. The van der Waals surface area contributed by atoms with Crippen LogP contribution in [0.5, 0.6) is 23.0 Å². The van der Waals surface area contributed by atoms with Gasteiger partial charge in [-0.05, 0) is 135 Å². The van der Waals surface area contributed by atoms with Gasteiger partial charge in [-0.2, -0.15) is 8.42 Å². The van der Waals surface area contributed by atoms with Gasteiger partial charge in [-0.15, -0.1) is 0 Å². The second-order valence-corrected chi connectivity index (χ2v) is 15.0. The zero-order valence-corrected chi connectivity index (χ0v) is 32.2. The van der Waals surface area contributed by atoms with E-state index in [0.717, 1.165) is 78.9 Å². The van der Waals surface area contributed by atoms with Gasteiger partial charge in [0.1, 0.15) is 23.0 Å². The highest BCUT2D eigenvalue weighted by Gasteiger charge is 2.22. The Kier molecular flexibility index (Phi) is 10.6. The minimum atomic E-state index is -4.24. The first-order valence-corrected chi connectivity index (χ1v) is 19.3. The van der Waals surface area contributed by atoms with E-state index in [1.807, 2.05) is 97.1 Å². The molecule has 1 aromatic heterocycles. The third kappa shape index (κ3) is 7.62. The Morgan fingerprint density at radius 3 is 1.07 bits per heavy atom. The van der Waals surface area contributed by atoms with Crippen molar-refractivity contribution in [1.82, 2.24) is 4.57 Å². The highest BCUT2D eigenvalue weighted by molar-refractivity contribution is 7.86. The van der Waals surface area contributed by atoms with Crippen LogP contribution in [0.3, 0.4) is 0 Å². The summed E-state index contributed by atoms with van der Waals surface area (Å²) in [6.45, 7) is 1.87. The Hall–Kier alpha value is -6.17. The average Bonchev–Trinajstić information content (AvgIpc) is 3.52. The number of hydrogen-bond acceptors (Lipinski definition) is 8. The number of fused-ring (bicyclic) bond motifs is 3. The molecule has 55 heavy (non-hydrogen) atoms. The molecule has 1 atom stereocenters. The van der Waals surface area contributed by atoms with Gasteiger partial charge in [0.05, 0.1) is 44.7 Å². The first-order chi connectivity index (χ1) is 26.6. The van der Waals surface area contributed by atoms with Crippen molar-refractivity contribution in [3.63, 3.8) is 0 Å². The van der Waals surface area contributed by atoms with Crippen LogP contribution >= 0.6 is 0 Å². The van der Waals surface area contributed by atoms with Gasteiger partial charge < -0.3 is 33.3 Å². The second-order valence-electron chi connectivity index (χ2n) is 13.1. The van der Waals surface area contributed by atoms with Crippen molar-refractivity contribution in [2.75, 3.05) is 38.2 Å². The number of methoxy groups -OCH3 is 4. The van der Waals surface area contributed by atoms with Gasteiger partial charge in [-0.1, -0.05) is 12.1 Å². The van der Waals surface area contributed by atoms with Gasteiger partial charge in [0.2, 0.25) is 0 Å². The number of benzene rings is 6. The summed E-state index contributed by atoms with van der Waals surface area (Å²) in [5.41, 5.74) is 7.31. The number of hydrogen-bond donors (Lipinski definition) is 1. The third-order valence-corrected chi connectivity index (χ3v) is 11.2. The molecule has 11 heteroatoms. The largest absolute Gasteiger partial charge is 0.497 e. The van der Waals surface area contributed by atoms with Crippen molar-refractivity contribution in [3.05, 3.63) is 133 Å². The highest BCUT2D eigenvalue weighted by Crippen LogP contribution is 2.42. The van der Waals surface area contributed by atoms with E-state index in [9.17, 15) is 13.0 Å². The van der Waals surface area contributed by atoms with Gasteiger partial charge >= 0.3 is 0 Å². The normalized spacial score (nSPS) is 12.0. The fraction of sp³-hybridized carbons (Fsp3) is 0.182. The third-order valence-electron chi connectivity index (χ3n) is 9.94. The van der Waals surface area contributed by atoms with E-state index in [2.05, 4.69) is 50.8 Å². The number of aromatic nitrogens is 1. The van der Waals surface area contributed by atoms with Crippen LogP contribution in [-0.2, 0) is 16.7 Å². The topological polar surface area (TPSA) is 103 Å². The van der Waals surface area contributed by atoms with Crippen LogP contribution in [0.25, 0.3) is 21.8 Å². The Morgan fingerprint density at radius 1 is 0.509 bits per heavy atom. The lowest BCUT2D eigenvalue weighted by Crippen LogP contribution is -2.18. The maximum absolute atomic E-state index is 12.2. The van der Waals surface area contributed by atoms with Gasteiger partial charge in [0, 0.05) is 51.4 Å². The molecule has 0 amide bonds. The summed E-state index contributed by atoms with van der Waals surface area (Å²) in [7, 11) is 2.33. The fourth-order valence-electron chi connectivity index (χ4n) is 6.87. The summed E-state index contributed by atoms with van der Waals surface area (Å²) in [6, 6.07) is 44.2. The Labute approximate surface area is 321 Å². The minimum absolute atomic E-state index is 0.202. The zero-order valence-electron chi connectivity index (χ0n) is 31.3. The van der Waals surface area contributed by atoms with Crippen LogP contribution in [0.1, 0.15) is 13.3 Å². The van der Waals surface area contributed by atoms with E-state index < -0.39 is 15.4 Å². The molecule has 0 aliphatic carbocycles. The molecule has 0 fully saturated rings. The molecule has 0 aliphatic heterocycles. The molecule has 1 N–H and O–H groups in total. The van der Waals surface area contributed by atoms with E-state index in [1.165, 1.54) is 6.92 Å². The van der Waals surface area contributed by atoms with E-state index in [0.29, 0.717) is 6.54 Å². The molecule has 0 radical (unpaired) electrons. The van der Waals surface area contributed by atoms with E-state index in [-0.39, 0.29) is 6.42 Å². The molecule has 0 aliphatic rings. The van der Waals surface area contributed by atoms with E-state index in [4.69, 9.17) is 18.9 Å². The molecule has 7 aromatic rings. The van der Waals surface area contributed by atoms with Crippen molar-refractivity contribution in [2.45, 2.75) is 25.1 Å². The summed E-state index contributed by atoms with van der Waals surface area (Å²) >= 11 is 0. The number of anilines is 6. The summed E-state index contributed by atoms with van der Waals surface area (Å²) in [5, 5.41) is 1.06. The first kappa shape index (κ1) is 37.2. The summed E-state index contributed by atoms with van der Waals surface area (Å²) in [4.78, 5) is 4.31. The Morgan fingerprint density at radius 2 is 0.800 bits per heavy atom. The minimum Gasteiger partial charge on any atom is -0.497 e. The smallest absolute Gasteiger partial charge is 0.267 e. The molecule has 1 heterocycles. The molecule has 282 valence electrons. The maximum Gasteiger partial charge on any atom is 0.267 e. The van der Waals surface area contributed by atoms with Crippen molar-refractivity contribution >= 4 is 66.0 Å². The molecular weight excluding hydrogens is 715 g/mol. The quantitative estimate of drug-likeness (QED) is 0.109. The fourth-order valence-corrected chi connectivity index (χ4v) is 7.27. The van der Waals surface area contributed by atoms with Gasteiger partial charge in [0.15, 0.2) is 0 Å². The lowest BCUT2D eigenvalue weighted by Gasteiger charge is -2.26. The molecule has 0 saturated heterocycles. The summed E-state index contributed by atoms with van der Waals surface area (Å²) < 4.78 is 58.4. The Balaban J connectivity index is 1.43.